The van der Waals surface area contributed by atoms with E-state index >= 15 is 0 Å². The number of aryl methyl sites for hydroxylation is 1. The second-order valence-electron chi connectivity index (χ2n) is 5.52. The van der Waals surface area contributed by atoms with Crippen LogP contribution in [0.15, 0.2) is 47.4 Å². The van der Waals surface area contributed by atoms with E-state index in [2.05, 4.69) is 5.32 Å². The maximum atomic E-state index is 12.2. The highest BCUT2D eigenvalue weighted by Gasteiger charge is 2.17. The summed E-state index contributed by atoms with van der Waals surface area (Å²) in [5.74, 6) is -0.443. The molecule has 0 aliphatic carbocycles. The molecule has 8 nitrogen and oxygen atoms in total. The van der Waals surface area contributed by atoms with Crippen LogP contribution in [-0.4, -0.2) is 37.6 Å². The smallest absolute Gasteiger partial charge is 0.272 e. The molecule has 1 N–H and O–H groups in total. The summed E-state index contributed by atoms with van der Waals surface area (Å²) in [5, 5.41) is 13.4. The van der Waals surface area contributed by atoms with Gasteiger partial charge in [-0.1, -0.05) is 0 Å². The maximum Gasteiger partial charge on any atom is 0.272 e. The Morgan fingerprint density at radius 1 is 1.12 bits per heavy atom. The molecule has 0 spiro atoms. The van der Waals surface area contributed by atoms with Crippen molar-refractivity contribution in [3.05, 3.63) is 63.7 Å². The standard InChI is InChI=1S/C16H17N3O5S/c1-11-10-12(4-9-15(11)19(21)22)16(20)17-13-5-7-14(8-6-13)25(23,24)18(2)3/h4-10H,1-3H3,(H,17,20). The molecular weight excluding hydrogens is 346 g/mol. The van der Waals surface area contributed by atoms with E-state index in [0.717, 1.165) is 4.31 Å². The van der Waals surface area contributed by atoms with Crippen LogP contribution in [0.4, 0.5) is 11.4 Å². The lowest BCUT2D eigenvalue weighted by atomic mass is 10.1. The number of nitro benzene ring substituents is 1. The molecule has 25 heavy (non-hydrogen) atoms. The number of hydrogen-bond donors (Lipinski definition) is 1. The molecule has 0 atom stereocenters. The van der Waals surface area contributed by atoms with Crippen LogP contribution in [0.25, 0.3) is 0 Å². The molecule has 0 radical (unpaired) electrons. The van der Waals surface area contributed by atoms with E-state index in [0.29, 0.717) is 11.3 Å². The third kappa shape index (κ3) is 4.01. The fourth-order valence-corrected chi connectivity index (χ4v) is 3.03. The van der Waals surface area contributed by atoms with Crippen molar-refractivity contribution in [3.63, 3.8) is 0 Å². The predicted octanol–water partition coefficient (Wildman–Crippen LogP) is 2.41. The summed E-state index contributed by atoms with van der Waals surface area (Å²) >= 11 is 0. The molecule has 2 rings (SSSR count). The molecule has 132 valence electrons. The summed E-state index contributed by atoms with van der Waals surface area (Å²) in [6, 6.07) is 9.82. The topological polar surface area (TPSA) is 110 Å². The lowest BCUT2D eigenvalue weighted by molar-refractivity contribution is -0.385. The lowest BCUT2D eigenvalue weighted by Crippen LogP contribution is -2.22. The number of sulfonamides is 1. The first-order valence-electron chi connectivity index (χ1n) is 7.22. The Morgan fingerprint density at radius 3 is 2.20 bits per heavy atom. The minimum absolute atomic E-state index is 0.0604. The molecule has 0 heterocycles. The number of anilines is 1. The number of carbonyl (C=O) groups excluding carboxylic acids is 1. The Bertz CT molecular complexity index is 921. The normalized spacial score (nSPS) is 11.4. The first-order valence-corrected chi connectivity index (χ1v) is 8.66. The number of rotatable bonds is 5. The molecule has 0 aliphatic heterocycles. The van der Waals surface area contributed by atoms with Gasteiger partial charge < -0.3 is 5.32 Å². The van der Waals surface area contributed by atoms with Gasteiger partial charge in [0.05, 0.1) is 9.82 Å². The number of nitro groups is 1. The third-order valence-corrected chi connectivity index (χ3v) is 5.38. The highest BCUT2D eigenvalue weighted by molar-refractivity contribution is 7.89. The van der Waals surface area contributed by atoms with Crippen molar-refractivity contribution in [1.82, 2.24) is 4.31 Å². The average Bonchev–Trinajstić information content (AvgIpc) is 2.54. The largest absolute Gasteiger partial charge is 0.322 e. The Balaban J connectivity index is 2.19. The van der Waals surface area contributed by atoms with Gasteiger partial charge in [-0.15, -0.1) is 0 Å². The molecule has 0 fully saturated rings. The zero-order chi connectivity index (χ0) is 18.8. The van der Waals surface area contributed by atoms with Gasteiger partial charge in [0.25, 0.3) is 11.6 Å². The van der Waals surface area contributed by atoms with E-state index in [-0.39, 0.29) is 16.1 Å². The van der Waals surface area contributed by atoms with Crippen LogP contribution in [0, 0.1) is 17.0 Å². The first-order chi connectivity index (χ1) is 11.6. The monoisotopic (exact) mass is 363 g/mol. The molecule has 0 aliphatic rings. The Hall–Kier alpha value is -2.78. The predicted molar refractivity (Wildman–Crippen MR) is 93.1 cm³/mol. The van der Waals surface area contributed by atoms with Crippen molar-refractivity contribution in [2.24, 2.45) is 0 Å². The minimum Gasteiger partial charge on any atom is -0.322 e. The average molecular weight is 363 g/mol. The molecule has 0 bridgehead atoms. The first kappa shape index (κ1) is 18.6. The van der Waals surface area contributed by atoms with Crippen LogP contribution in [0.5, 0.6) is 0 Å². The van der Waals surface area contributed by atoms with E-state index in [1.54, 1.807) is 6.92 Å². The fourth-order valence-electron chi connectivity index (χ4n) is 2.13. The number of hydrogen-bond acceptors (Lipinski definition) is 5. The number of carbonyl (C=O) groups is 1. The van der Waals surface area contributed by atoms with Crippen molar-refractivity contribution >= 4 is 27.3 Å². The molecule has 0 saturated carbocycles. The number of nitrogens with one attached hydrogen (secondary N) is 1. The molecule has 0 saturated heterocycles. The Kier molecular flexibility index (Phi) is 5.19. The second-order valence-corrected chi connectivity index (χ2v) is 7.68. The molecule has 0 aromatic heterocycles. The summed E-state index contributed by atoms with van der Waals surface area (Å²) in [6.07, 6.45) is 0. The van der Waals surface area contributed by atoms with E-state index < -0.39 is 20.9 Å². The van der Waals surface area contributed by atoms with Gasteiger partial charge in [-0.25, -0.2) is 12.7 Å². The molecule has 2 aromatic rings. The SMILES string of the molecule is Cc1cc(C(=O)Nc2ccc(S(=O)(=O)N(C)C)cc2)ccc1[N+](=O)[O-]. The van der Waals surface area contributed by atoms with Crippen molar-refractivity contribution < 1.29 is 18.1 Å². The van der Waals surface area contributed by atoms with Crippen molar-refractivity contribution in [2.75, 3.05) is 19.4 Å². The molecule has 1 amide bonds. The van der Waals surface area contributed by atoms with Crippen LogP contribution < -0.4 is 5.32 Å². The zero-order valence-electron chi connectivity index (χ0n) is 13.9. The van der Waals surface area contributed by atoms with E-state index in [4.69, 9.17) is 0 Å². The molecule has 0 unspecified atom stereocenters. The van der Waals surface area contributed by atoms with Crippen LogP contribution in [0.1, 0.15) is 15.9 Å². The van der Waals surface area contributed by atoms with Gasteiger partial charge in [0.15, 0.2) is 0 Å². The van der Waals surface area contributed by atoms with Gasteiger partial charge in [-0.3, -0.25) is 14.9 Å². The summed E-state index contributed by atoms with van der Waals surface area (Å²) in [6.45, 7) is 1.55. The summed E-state index contributed by atoms with van der Waals surface area (Å²) in [4.78, 5) is 22.6. The number of nitrogens with zero attached hydrogens (tertiary/aromatic N) is 2. The van der Waals surface area contributed by atoms with Gasteiger partial charge in [0, 0.05) is 37.0 Å². The van der Waals surface area contributed by atoms with E-state index in [1.165, 1.54) is 56.6 Å². The highest BCUT2D eigenvalue weighted by atomic mass is 32.2. The van der Waals surface area contributed by atoms with Gasteiger partial charge in [-0.2, -0.15) is 0 Å². The molecule has 9 heteroatoms. The second kappa shape index (κ2) is 6.99. The van der Waals surface area contributed by atoms with Crippen LogP contribution >= 0.6 is 0 Å². The van der Waals surface area contributed by atoms with Gasteiger partial charge >= 0.3 is 0 Å². The summed E-state index contributed by atoms with van der Waals surface area (Å²) in [5.41, 5.74) is 1.01. The quantitative estimate of drug-likeness (QED) is 0.648. The van der Waals surface area contributed by atoms with Gasteiger partial charge in [0.1, 0.15) is 0 Å². The maximum absolute atomic E-state index is 12.2. The minimum atomic E-state index is -3.54. The van der Waals surface area contributed by atoms with Crippen LogP contribution in [0.3, 0.4) is 0 Å². The number of benzene rings is 2. The van der Waals surface area contributed by atoms with Gasteiger partial charge in [-0.05, 0) is 43.3 Å². The van der Waals surface area contributed by atoms with Crippen molar-refractivity contribution in [3.8, 4) is 0 Å². The third-order valence-electron chi connectivity index (χ3n) is 3.55. The van der Waals surface area contributed by atoms with Crippen LogP contribution in [0.2, 0.25) is 0 Å². The number of amides is 1. The van der Waals surface area contributed by atoms with Gasteiger partial charge in [0.2, 0.25) is 10.0 Å². The molecule has 2 aromatic carbocycles. The Labute approximate surface area is 145 Å². The zero-order valence-corrected chi connectivity index (χ0v) is 14.7. The highest BCUT2D eigenvalue weighted by Crippen LogP contribution is 2.20. The summed E-state index contributed by atoms with van der Waals surface area (Å²) in [7, 11) is -0.671. The van der Waals surface area contributed by atoms with E-state index in [9.17, 15) is 23.3 Å². The Morgan fingerprint density at radius 2 is 1.72 bits per heavy atom. The van der Waals surface area contributed by atoms with E-state index in [1.807, 2.05) is 0 Å². The lowest BCUT2D eigenvalue weighted by Gasteiger charge is -2.12. The van der Waals surface area contributed by atoms with Crippen molar-refractivity contribution in [2.45, 2.75) is 11.8 Å². The van der Waals surface area contributed by atoms with Crippen LogP contribution in [-0.2, 0) is 10.0 Å². The van der Waals surface area contributed by atoms with Crippen molar-refractivity contribution in [1.29, 1.82) is 0 Å². The molecular formula is C16H17N3O5S. The summed E-state index contributed by atoms with van der Waals surface area (Å²) < 4.78 is 25.1. The fraction of sp³-hybridized carbons (Fsp3) is 0.188.